The van der Waals surface area contributed by atoms with Crippen molar-refractivity contribution in [3.05, 3.63) is 83.4 Å². The summed E-state index contributed by atoms with van der Waals surface area (Å²) in [5, 5.41) is 3.42. The molecule has 0 aromatic heterocycles. The van der Waals surface area contributed by atoms with E-state index in [-0.39, 0.29) is 11.8 Å². The molecule has 0 saturated carbocycles. The van der Waals surface area contributed by atoms with Gasteiger partial charge in [0.15, 0.2) is 6.10 Å². The first-order valence-electron chi connectivity index (χ1n) is 10.4. The van der Waals surface area contributed by atoms with Crippen LogP contribution >= 0.6 is 11.6 Å². The Morgan fingerprint density at radius 3 is 2.59 bits per heavy atom. The largest absolute Gasteiger partial charge is 0.494 e. The van der Waals surface area contributed by atoms with E-state index in [2.05, 4.69) is 5.32 Å². The number of nitrogens with zero attached hydrogens (tertiary/aromatic N) is 1. The number of carbonyl (C=O) groups excluding carboxylic acids is 2. The minimum absolute atomic E-state index is 0.126. The van der Waals surface area contributed by atoms with Crippen molar-refractivity contribution in [2.75, 3.05) is 23.4 Å². The molecule has 4 rings (SSSR count). The maximum absolute atomic E-state index is 12.8. The molecule has 1 unspecified atom stereocenters. The second kappa shape index (κ2) is 9.75. The fourth-order valence-corrected chi connectivity index (χ4v) is 3.58. The summed E-state index contributed by atoms with van der Waals surface area (Å²) >= 11 is 5.89. The summed E-state index contributed by atoms with van der Waals surface area (Å²) in [6.07, 6.45) is 0.0702. The van der Waals surface area contributed by atoms with Crippen LogP contribution in [0.15, 0.2) is 72.8 Å². The molecule has 1 heterocycles. The third-order valence-corrected chi connectivity index (χ3v) is 5.32. The number of rotatable bonds is 7. The minimum Gasteiger partial charge on any atom is -0.494 e. The number of nitrogens with one attached hydrogen (secondary N) is 1. The Balaban J connectivity index is 1.46. The van der Waals surface area contributed by atoms with Crippen molar-refractivity contribution < 1.29 is 19.1 Å². The number of hydrogen-bond donors (Lipinski definition) is 1. The van der Waals surface area contributed by atoms with E-state index in [4.69, 9.17) is 21.1 Å². The molecular formula is C25H23ClN2O4. The molecule has 1 aliphatic heterocycles. The number of fused-ring (bicyclic) bond motifs is 1. The van der Waals surface area contributed by atoms with Gasteiger partial charge in [0.2, 0.25) is 0 Å². The predicted molar refractivity (Wildman–Crippen MR) is 125 cm³/mol. The van der Waals surface area contributed by atoms with Crippen LogP contribution in [0.5, 0.6) is 11.5 Å². The lowest BCUT2D eigenvalue weighted by Crippen LogP contribution is -2.45. The lowest BCUT2D eigenvalue weighted by molar-refractivity contribution is -0.125. The van der Waals surface area contributed by atoms with Crippen LogP contribution in [0.1, 0.15) is 23.7 Å². The number of ether oxygens (including phenoxy) is 2. The summed E-state index contributed by atoms with van der Waals surface area (Å²) in [6.45, 7) is 2.68. The second-order valence-corrected chi connectivity index (χ2v) is 7.84. The van der Waals surface area contributed by atoms with Gasteiger partial charge >= 0.3 is 0 Å². The second-order valence-electron chi connectivity index (χ2n) is 7.41. The van der Waals surface area contributed by atoms with Crippen LogP contribution in [0, 0.1) is 0 Å². The normalized spacial score (nSPS) is 15.0. The van der Waals surface area contributed by atoms with Gasteiger partial charge in [-0.1, -0.05) is 29.8 Å². The predicted octanol–water partition coefficient (Wildman–Crippen LogP) is 5.18. The van der Waals surface area contributed by atoms with Crippen LogP contribution in [0.3, 0.4) is 0 Å². The van der Waals surface area contributed by atoms with Crippen LogP contribution in [-0.2, 0) is 4.79 Å². The molecule has 6 nitrogen and oxygen atoms in total. The standard InChI is InChI=1S/C25H23ClN2O4/c1-17-25(30)28(14-5-15-31-21-6-3-2-4-7-21)22-16-20(12-13-23(22)32-17)27-24(29)18-8-10-19(26)11-9-18/h2-4,6-13,16-17H,5,14-15H2,1H3,(H,27,29). The van der Waals surface area contributed by atoms with Crippen LogP contribution < -0.4 is 19.7 Å². The molecule has 1 N–H and O–H groups in total. The molecule has 3 aromatic rings. The Morgan fingerprint density at radius 1 is 1.09 bits per heavy atom. The van der Waals surface area contributed by atoms with Gasteiger partial charge in [0, 0.05) is 22.8 Å². The highest BCUT2D eigenvalue weighted by Gasteiger charge is 2.31. The molecule has 0 saturated heterocycles. The van der Waals surface area contributed by atoms with Crippen molar-refractivity contribution in [2.24, 2.45) is 0 Å². The maximum atomic E-state index is 12.8. The van der Waals surface area contributed by atoms with E-state index < -0.39 is 6.10 Å². The first kappa shape index (κ1) is 21.7. The number of amides is 2. The number of carbonyl (C=O) groups is 2. The monoisotopic (exact) mass is 450 g/mol. The van der Waals surface area contributed by atoms with Crippen molar-refractivity contribution >= 4 is 34.8 Å². The molecule has 0 fully saturated rings. The molecular weight excluding hydrogens is 428 g/mol. The maximum Gasteiger partial charge on any atom is 0.267 e. The van der Waals surface area contributed by atoms with Gasteiger partial charge in [0.25, 0.3) is 11.8 Å². The molecule has 1 aliphatic rings. The molecule has 164 valence electrons. The fraction of sp³-hybridized carbons (Fsp3) is 0.200. The van der Waals surface area contributed by atoms with Crippen molar-refractivity contribution in [1.29, 1.82) is 0 Å². The first-order valence-corrected chi connectivity index (χ1v) is 10.8. The molecule has 2 amide bonds. The van der Waals surface area contributed by atoms with E-state index in [0.29, 0.717) is 47.3 Å². The summed E-state index contributed by atoms with van der Waals surface area (Å²) in [6, 6.07) is 21.5. The third kappa shape index (κ3) is 5.03. The van der Waals surface area contributed by atoms with E-state index in [0.717, 1.165) is 5.75 Å². The number of para-hydroxylation sites is 1. The van der Waals surface area contributed by atoms with Crippen LogP contribution in [0.25, 0.3) is 0 Å². The van der Waals surface area contributed by atoms with E-state index in [1.807, 2.05) is 30.3 Å². The highest BCUT2D eigenvalue weighted by atomic mass is 35.5. The quantitative estimate of drug-likeness (QED) is 0.504. The highest BCUT2D eigenvalue weighted by Crippen LogP contribution is 2.36. The topological polar surface area (TPSA) is 67.9 Å². The number of benzene rings is 3. The van der Waals surface area contributed by atoms with Crippen LogP contribution in [0.4, 0.5) is 11.4 Å². The fourth-order valence-electron chi connectivity index (χ4n) is 3.45. The Morgan fingerprint density at radius 2 is 1.84 bits per heavy atom. The van der Waals surface area contributed by atoms with Crippen molar-refractivity contribution in [2.45, 2.75) is 19.4 Å². The molecule has 7 heteroatoms. The van der Waals surface area contributed by atoms with E-state index in [1.165, 1.54) is 0 Å². The molecule has 1 atom stereocenters. The lowest BCUT2D eigenvalue weighted by Gasteiger charge is -2.33. The molecule has 0 aliphatic carbocycles. The van der Waals surface area contributed by atoms with Crippen molar-refractivity contribution in [1.82, 2.24) is 0 Å². The van der Waals surface area contributed by atoms with Gasteiger partial charge in [-0.3, -0.25) is 9.59 Å². The van der Waals surface area contributed by atoms with Gasteiger partial charge in [-0.15, -0.1) is 0 Å². The zero-order chi connectivity index (χ0) is 22.5. The number of halogens is 1. The Kier molecular flexibility index (Phi) is 6.61. The zero-order valence-corrected chi connectivity index (χ0v) is 18.3. The average molecular weight is 451 g/mol. The van der Waals surface area contributed by atoms with Crippen molar-refractivity contribution in [3.8, 4) is 11.5 Å². The summed E-state index contributed by atoms with van der Waals surface area (Å²) in [4.78, 5) is 27.0. The van der Waals surface area contributed by atoms with Gasteiger partial charge in [-0.05, 0) is 67.9 Å². The Labute approximate surface area is 191 Å². The lowest BCUT2D eigenvalue weighted by atomic mass is 10.1. The summed E-state index contributed by atoms with van der Waals surface area (Å²) < 4.78 is 11.5. The summed E-state index contributed by atoms with van der Waals surface area (Å²) in [5.74, 6) is 1.01. The van der Waals surface area contributed by atoms with Crippen LogP contribution in [-0.4, -0.2) is 31.1 Å². The van der Waals surface area contributed by atoms with E-state index in [9.17, 15) is 9.59 Å². The molecule has 32 heavy (non-hydrogen) atoms. The highest BCUT2D eigenvalue weighted by molar-refractivity contribution is 6.30. The summed E-state index contributed by atoms with van der Waals surface area (Å²) in [7, 11) is 0. The van der Waals surface area contributed by atoms with Gasteiger partial charge in [0.1, 0.15) is 11.5 Å². The minimum atomic E-state index is -0.577. The Bertz CT molecular complexity index is 1100. The van der Waals surface area contributed by atoms with Gasteiger partial charge in [-0.2, -0.15) is 0 Å². The smallest absolute Gasteiger partial charge is 0.267 e. The van der Waals surface area contributed by atoms with Gasteiger partial charge < -0.3 is 19.7 Å². The summed E-state index contributed by atoms with van der Waals surface area (Å²) in [5.41, 5.74) is 1.69. The number of anilines is 2. The van der Waals surface area contributed by atoms with E-state index in [1.54, 1.807) is 54.3 Å². The molecule has 0 bridgehead atoms. The number of hydrogen-bond acceptors (Lipinski definition) is 4. The molecule has 0 spiro atoms. The molecule has 3 aromatic carbocycles. The van der Waals surface area contributed by atoms with Gasteiger partial charge in [0.05, 0.1) is 12.3 Å². The molecule has 0 radical (unpaired) electrons. The van der Waals surface area contributed by atoms with Gasteiger partial charge in [-0.25, -0.2) is 0 Å². The van der Waals surface area contributed by atoms with Crippen LogP contribution in [0.2, 0.25) is 5.02 Å². The van der Waals surface area contributed by atoms with E-state index >= 15 is 0 Å². The Hall–Kier alpha value is -3.51. The zero-order valence-electron chi connectivity index (χ0n) is 17.6. The first-order chi connectivity index (χ1) is 15.5. The SMILES string of the molecule is CC1Oc2ccc(NC(=O)c3ccc(Cl)cc3)cc2N(CCCOc2ccccc2)C1=O. The average Bonchev–Trinajstić information content (AvgIpc) is 2.80. The third-order valence-electron chi connectivity index (χ3n) is 5.07. The van der Waals surface area contributed by atoms with Crippen molar-refractivity contribution in [3.63, 3.8) is 0 Å².